The van der Waals surface area contributed by atoms with Crippen molar-refractivity contribution >= 4 is 17.6 Å². The minimum absolute atomic E-state index is 0.101. The summed E-state index contributed by atoms with van der Waals surface area (Å²) in [5.74, 6) is -0.824. The van der Waals surface area contributed by atoms with Crippen LogP contribution in [0.25, 0.3) is 0 Å². The summed E-state index contributed by atoms with van der Waals surface area (Å²) in [4.78, 5) is 25.7. The number of carbonyl (C=O) groups excluding carboxylic acids is 1. The predicted molar refractivity (Wildman–Crippen MR) is 79.7 cm³/mol. The van der Waals surface area contributed by atoms with Gasteiger partial charge in [-0.3, -0.25) is 4.79 Å². The standard InChI is InChI=1S/C16H20N2O3/c1-16(7-3-8-17-16)15(21)18-9-2-4-11-10-12(14(19)20)5-6-13(11)18/h5-6,10,17H,2-4,7-9H2,1H3,(H,19,20). The smallest absolute Gasteiger partial charge is 0.335 e. The third-order valence-electron chi connectivity index (χ3n) is 4.53. The lowest BCUT2D eigenvalue weighted by atomic mass is 9.94. The van der Waals surface area contributed by atoms with Gasteiger partial charge in [0.25, 0.3) is 0 Å². The van der Waals surface area contributed by atoms with Gasteiger partial charge in [-0.1, -0.05) is 0 Å². The minimum Gasteiger partial charge on any atom is -0.478 e. The lowest BCUT2D eigenvalue weighted by Crippen LogP contribution is -2.54. The number of nitrogens with one attached hydrogen (secondary N) is 1. The van der Waals surface area contributed by atoms with Gasteiger partial charge in [0.05, 0.1) is 11.1 Å². The molecule has 1 amide bonds. The van der Waals surface area contributed by atoms with Crippen LogP contribution in [0.4, 0.5) is 5.69 Å². The summed E-state index contributed by atoms with van der Waals surface area (Å²) in [6.45, 7) is 3.54. The number of fused-ring (bicyclic) bond motifs is 1. The van der Waals surface area contributed by atoms with E-state index in [0.717, 1.165) is 43.5 Å². The van der Waals surface area contributed by atoms with Gasteiger partial charge >= 0.3 is 5.97 Å². The number of benzene rings is 1. The van der Waals surface area contributed by atoms with Gasteiger partial charge in [-0.2, -0.15) is 0 Å². The van der Waals surface area contributed by atoms with Crippen LogP contribution in [0.3, 0.4) is 0 Å². The molecule has 2 aliphatic heterocycles. The summed E-state index contributed by atoms with van der Waals surface area (Å²) >= 11 is 0. The van der Waals surface area contributed by atoms with Gasteiger partial charge < -0.3 is 15.3 Å². The molecule has 0 aliphatic carbocycles. The molecule has 5 nitrogen and oxygen atoms in total. The molecule has 5 heteroatoms. The molecule has 1 aromatic rings. The molecular formula is C16H20N2O3. The van der Waals surface area contributed by atoms with Crippen LogP contribution < -0.4 is 10.2 Å². The fraction of sp³-hybridized carbons (Fsp3) is 0.500. The summed E-state index contributed by atoms with van der Waals surface area (Å²) in [6, 6.07) is 5.05. The van der Waals surface area contributed by atoms with Gasteiger partial charge in [0.1, 0.15) is 0 Å². The number of aryl methyl sites for hydroxylation is 1. The molecule has 0 radical (unpaired) electrons. The molecule has 1 fully saturated rings. The third kappa shape index (κ3) is 2.42. The van der Waals surface area contributed by atoms with Crippen molar-refractivity contribution in [3.63, 3.8) is 0 Å². The maximum atomic E-state index is 12.9. The second kappa shape index (κ2) is 5.15. The summed E-state index contributed by atoms with van der Waals surface area (Å²) in [5, 5.41) is 12.4. The molecule has 1 unspecified atom stereocenters. The number of amides is 1. The number of carbonyl (C=O) groups is 2. The van der Waals surface area contributed by atoms with E-state index >= 15 is 0 Å². The SMILES string of the molecule is CC1(C(=O)N2CCCc3cc(C(=O)O)ccc32)CCCN1. The van der Waals surface area contributed by atoms with Crippen molar-refractivity contribution in [3.05, 3.63) is 29.3 Å². The first-order chi connectivity index (χ1) is 10.0. The fourth-order valence-corrected chi connectivity index (χ4v) is 3.32. The highest BCUT2D eigenvalue weighted by Gasteiger charge is 2.40. The molecule has 0 spiro atoms. The Morgan fingerprint density at radius 1 is 1.33 bits per heavy atom. The van der Waals surface area contributed by atoms with Gasteiger partial charge in [0, 0.05) is 12.2 Å². The van der Waals surface area contributed by atoms with E-state index in [9.17, 15) is 9.59 Å². The fourth-order valence-electron chi connectivity index (χ4n) is 3.32. The highest BCUT2D eigenvalue weighted by Crippen LogP contribution is 2.32. The highest BCUT2D eigenvalue weighted by molar-refractivity contribution is 6.01. The number of rotatable bonds is 2. The number of anilines is 1. The van der Waals surface area contributed by atoms with Crippen molar-refractivity contribution in [2.45, 2.75) is 38.1 Å². The Bertz CT molecular complexity index is 591. The number of aromatic carboxylic acids is 1. The number of nitrogens with zero attached hydrogens (tertiary/aromatic N) is 1. The van der Waals surface area contributed by atoms with E-state index in [1.165, 1.54) is 0 Å². The third-order valence-corrected chi connectivity index (χ3v) is 4.53. The molecule has 2 aliphatic rings. The molecule has 0 bridgehead atoms. The first-order valence-corrected chi connectivity index (χ1v) is 7.44. The van der Waals surface area contributed by atoms with Crippen LogP contribution in [0.5, 0.6) is 0 Å². The lowest BCUT2D eigenvalue weighted by molar-refractivity contribution is -0.123. The normalized spacial score (nSPS) is 24.7. The second-order valence-corrected chi connectivity index (χ2v) is 6.07. The van der Waals surface area contributed by atoms with Gasteiger partial charge in [0.2, 0.25) is 5.91 Å². The largest absolute Gasteiger partial charge is 0.478 e. The Balaban J connectivity index is 1.93. The summed E-state index contributed by atoms with van der Waals surface area (Å²) in [6.07, 6.45) is 3.56. The molecule has 21 heavy (non-hydrogen) atoms. The Labute approximate surface area is 123 Å². The Morgan fingerprint density at radius 3 is 2.81 bits per heavy atom. The Hall–Kier alpha value is -1.88. The number of carboxylic acid groups (broad SMARTS) is 1. The minimum atomic E-state index is -0.925. The molecule has 1 atom stereocenters. The van der Waals surface area contributed by atoms with Gasteiger partial charge in [-0.25, -0.2) is 4.79 Å². The zero-order valence-corrected chi connectivity index (χ0v) is 12.2. The molecule has 1 saturated heterocycles. The van der Waals surface area contributed by atoms with Crippen molar-refractivity contribution < 1.29 is 14.7 Å². The molecule has 1 aromatic carbocycles. The maximum absolute atomic E-state index is 12.9. The average Bonchev–Trinajstić information content (AvgIpc) is 2.93. The van der Waals surface area contributed by atoms with Crippen molar-refractivity contribution in [2.24, 2.45) is 0 Å². The van der Waals surface area contributed by atoms with E-state index in [1.807, 2.05) is 11.8 Å². The first-order valence-electron chi connectivity index (χ1n) is 7.44. The molecule has 2 N–H and O–H groups in total. The molecule has 0 aromatic heterocycles. The zero-order valence-electron chi connectivity index (χ0n) is 12.2. The van der Waals surface area contributed by atoms with Crippen LogP contribution in [-0.2, 0) is 11.2 Å². The van der Waals surface area contributed by atoms with Crippen LogP contribution in [-0.4, -0.2) is 35.6 Å². The Morgan fingerprint density at radius 2 is 2.14 bits per heavy atom. The van der Waals surface area contributed by atoms with E-state index in [2.05, 4.69) is 5.32 Å². The van der Waals surface area contributed by atoms with E-state index in [4.69, 9.17) is 5.11 Å². The number of hydrogen-bond donors (Lipinski definition) is 2. The molecule has 3 rings (SSSR count). The van der Waals surface area contributed by atoms with E-state index in [1.54, 1.807) is 18.2 Å². The van der Waals surface area contributed by atoms with Crippen molar-refractivity contribution in [1.29, 1.82) is 0 Å². The monoisotopic (exact) mass is 288 g/mol. The van der Waals surface area contributed by atoms with Gasteiger partial charge in [-0.05, 0) is 62.9 Å². The van der Waals surface area contributed by atoms with Crippen molar-refractivity contribution in [2.75, 3.05) is 18.0 Å². The maximum Gasteiger partial charge on any atom is 0.335 e. The number of hydrogen-bond acceptors (Lipinski definition) is 3. The van der Waals surface area contributed by atoms with Crippen LogP contribution >= 0.6 is 0 Å². The molecule has 2 heterocycles. The number of carboxylic acids is 1. The van der Waals surface area contributed by atoms with Gasteiger partial charge in [-0.15, -0.1) is 0 Å². The summed E-state index contributed by atoms with van der Waals surface area (Å²) < 4.78 is 0. The summed E-state index contributed by atoms with van der Waals surface area (Å²) in [7, 11) is 0. The van der Waals surface area contributed by atoms with Gasteiger partial charge in [0.15, 0.2) is 0 Å². The van der Waals surface area contributed by atoms with Crippen LogP contribution in [0.1, 0.15) is 42.1 Å². The summed E-state index contributed by atoms with van der Waals surface area (Å²) in [5.41, 5.74) is 1.62. The lowest BCUT2D eigenvalue weighted by Gasteiger charge is -2.35. The van der Waals surface area contributed by atoms with E-state index in [-0.39, 0.29) is 11.5 Å². The van der Waals surface area contributed by atoms with Crippen LogP contribution in [0, 0.1) is 0 Å². The van der Waals surface area contributed by atoms with E-state index in [0.29, 0.717) is 6.54 Å². The topological polar surface area (TPSA) is 69.6 Å². The molecular weight excluding hydrogens is 268 g/mol. The highest BCUT2D eigenvalue weighted by atomic mass is 16.4. The second-order valence-electron chi connectivity index (χ2n) is 6.07. The van der Waals surface area contributed by atoms with Crippen LogP contribution in [0.15, 0.2) is 18.2 Å². The zero-order chi connectivity index (χ0) is 15.0. The quantitative estimate of drug-likeness (QED) is 0.870. The van der Waals surface area contributed by atoms with E-state index < -0.39 is 11.5 Å². The van der Waals surface area contributed by atoms with Crippen molar-refractivity contribution in [1.82, 2.24) is 5.32 Å². The Kier molecular flexibility index (Phi) is 3.45. The van der Waals surface area contributed by atoms with Crippen LogP contribution in [0.2, 0.25) is 0 Å². The molecule has 0 saturated carbocycles. The van der Waals surface area contributed by atoms with Crippen molar-refractivity contribution in [3.8, 4) is 0 Å². The average molecular weight is 288 g/mol. The predicted octanol–water partition coefficient (Wildman–Crippen LogP) is 1.81. The first kappa shape index (κ1) is 14.1. The molecule has 112 valence electrons.